The first-order chi connectivity index (χ1) is 10.5. The lowest BCUT2D eigenvalue weighted by atomic mass is 10.0. The van der Waals surface area contributed by atoms with E-state index in [9.17, 15) is 4.79 Å². The summed E-state index contributed by atoms with van der Waals surface area (Å²) in [6, 6.07) is 0.0300. The van der Waals surface area contributed by atoms with Crippen LogP contribution in [0.3, 0.4) is 0 Å². The second kappa shape index (κ2) is 5.59. The van der Waals surface area contributed by atoms with E-state index in [4.69, 9.17) is 9.05 Å². The van der Waals surface area contributed by atoms with Crippen molar-refractivity contribution in [1.29, 1.82) is 0 Å². The highest BCUT2D eigenvalue weighted by molar-refractivity contribution is 5.96. The second-order valence-electron chi connectivity index (χ2n) is 5.81. The molecule has 6 heteroatoms. The normalized spacial score (nSPS) is 18.2. The molecule has 1 aliphatic rings. The summed E-state index contributed by atoms with van der Waals surface area (Å²) in [6.45, 7) is 8.30. The van der Waals surface area contributed by atoms with Crippen LogP contribution >= 0.6 is 0 Å². The van der Waals surface area contributed by atoms with Gasteiger partial charge in [0.1, 0.15) is 17.1 Å². The smallest absolute Gasteiger partial charge is 0.259 e. The van der Waals surface area contributed by atoms with Gasteiger partial charge in [0, 0.05) is 18.5 Å². The quantitative estimate of drug-likeness (QED) is 0.871. The summed E-state index contributed by atoms with van der Waals surface area (Å²) < 4.78 is 10.5. The Kier molecular flexibility index (Phi) is 3.76. The number of amides is 1. The number of hydrogen-bond acceptors (Lipinski definition) is 5. The maximum absolute atomic E-state index is 12.9. The Bertz CT molecular complexity index is 682. The van der Waals surface area contributed by atoms with Crippen LogP contribution < -0.4 is 0 Å². The van der Waals surface area contributed by atoms with Crippen LogP contribution in [0.4, 0.5) is 0 Å². The van der Waals surface area contributed by atoms with Gasteiger partial charge in [-0.25, -0.2) is 0 Å². The van der Waals surface area contributed by atoms with E-state index in [1.165, 1.54) is 0 Å². The lowest BCUT2D eigenvalue weighted by Crippen LogP contribution is -2.31. The number of aryl methyl sites for hydroxylation is 4. The summed E-state index contributed by atoms with van der Waals surface area (Å²) in [5.41, 5.74) is 3.17. The lowest BCUT2D eigenvalue weighted by molar-refractivity contribution is 0.0732. The molecule has 1 amide bonds. The van der Waals surface area contributed by atoms with E-state index < -0.39 is 0 Å². The molecule has 2 aromatic rings. The molecule has 6 nitrogen and oxygen atoms in total. The summed E-state index contributed by atoms with van der Waals surface area (Å²) in [6.07, 6.45) is 2.69. The van der Waals surface area contributed by atoms with Crippen LogP contribution in [0.25, 0.3) is 0 Å². The van der Waals surface area contributed by atoms with Gasteiger partial charge >= 0.3 is 0 Å². The zero-order valence-electron chi connectivity index (χ0n) is 13.5. The molecule has 3 rings (SSSR count). The Morgan fingerprint density at radius 3 is 2.59 bits per heavy atom. The van der Waals surface area contributed by atoms with Crippen LogP contribution in [0.1, 0.15) is 64.6 Å². The zero-order chi connectivity index (χ0) is 15.9. The number of nitrogens with zero attached hydrogens (tertiary/aromatic N) is 3. The fraction of sp³-hybridized carbons (Fsp3) is 0.562. The maximum Gasteiger partial charge on any atom is 0.259 e. The molecule has 2 aromatic heterocycles. The number of carbonyl (C=O) groups excluding carboxylic acids is 1. The summed E-state index contributed by atoms with van der Waals surface area (Å²) in [5.74, 6) is 1.44. The highest BCUT2D eigenvalue weighted by Gasteiger charge is 2.36. The van der Waals surface area contributed by atoms with E-state index in [0.717, 1.165) is 42.8 Å². The average Bonchev–Trinajstić information content (AvgIpc) is 3.17. The Morgan fingerprint density at radius 2 is 1.95 bits per heavy atom. The maximum atomic E-state index is 12.9. The van der Waals surface area contributed by atoms with Crippen LogP contribution in [0.15, 0.2) is 9.05 Å². The van der Waals surface area contributed by atoms with Crippen LogP contribution in [0, 0.1) is 20.8 Å². The molecular weight excluding hydrogens is 282 g/mol. The number of rotatable bonds is 3. The van der Waals surface area contributed by atoms with E-state index in [-0.39, 0.29) is 11.9 Å². The molecule has 118 valence electrons. The van der Waals surface area contributed by atoms with E-state index in [2.05, 4.69) is 10.3 Å². The summed E-state index contributed by atoms with van der Waals surface area (Å²) in [5, 5.41) is 7.97. The Balaban J connectivity index is 1.97. The zero-order valence-corrected chi connectivity index (χ0v) is 13.5. The van der Waals surface area contributed by atoms with E-state index >= 15 is 0 Å². The van der Waals surface area contributed by atoms with Crippen molar-refractivity contribution in [2.45, 2.75) is 53.0 Å². The Morgan fingerprint density at radius 1 is 1.23 bits per heavy atom. The van der Waals surface area contributed by atoms with Crippen molar-refractivity contribution in [2.75, 3.05) is 6.54 Å². The van der Waals surface area contributed by atoms with Gasteiger partial charge in [0.25, 0.3) is 5.91 Å². The van der Waals surface area contributed by atoms with Crippen molar-refractivity contribution in [3.05, 3.63) is 34.0 Å². The SMILES string of the molecule is CCc1onc(C)c1C1CCCN1C(=O)c1c(C)noc1C. The van der Waals surface area contributed by atoms with E-state index in [0.29, 0.717) is 17.0 Å². The van der Waals surface area contributed by atoms with E-state index in [1.54, 1.807) is 13.8 Å². The largest absolute Gasteiger partial charge is 0.361 e. The molecule has 3 heterocycles. The third kappa shape index (κ3) is 2.23. The molecule has 22 heavy (non-hydrogen) atoms. The monoisotopic (exact) mass is 303 g/mol. The standard InChI is InChI=1S/C16H21N3O3/c1-5-13-15(10(3)18-22-13)12-7-6-8-19(12)16(20)14-9(2)17-21-11(14)4/h12H,5-8H2,1-4H3. The van der Waals surface area contributed by atoms with Gasteiger partial charge in [0.05, 0.1) is 17.4 Å². The second-order valence-corrected chi connectivity index (χ2v) is 5.81. The minimum atomic E-state index is -0.0126. The van der Waals surface area contributed by atoms with Crippen molar-refractivity contribution in [3.63, 3.8) is 0 Å². The van der Waals surface area contributed by atoms with Gasteiger partial charge in [-0.1, -0.05) is 17.2 Å². The van der Waals surface area contributed by atoms with Crippen molar-refractivity contribution in [3.8, 4) is 0 Å². The number of hydrogen-bond donors (Lipinski definition) is 0. The van der Waals surface area contributed by atoms with E-state index in [1.807, 2.05) is 18.7 Å². The van der Waals surface area contributed by atoms with Crippen LogP contribution in [-0.4, -0.2) is 27.7 Å². The molecule has 1 unspecified atom stereocenters. The van der Waals surface area contributed by atoms with Crippen LogP contribution in [-0.2, 0) is 6.42 Å². The Labute approximate surface area is 129 Å². The van der Waals surface area contributed by atoms with Gasteiger partial charge in [-0.3, -0.25) is 4.79 Å². The molecular formula is C16H21N3O3. The number of likely N-dealkylation sites (tertiary alicyclic amines) is 1. The molecule has 0 saturated carbocycles. The molecule has 0 N–H and O–H groups in total. The highest BCUT2D eigenvalue weighted by atomic mass is 16.5. The number of aromatic nitrogens is 2. The third-order valence-electron chi connectivity index (χ3n) is 4.40. The molecule has 0 radical (unpaired) electrons. The van der Waals surface area contributed by atoms with Gasteiger partial charge in [0.2, 0.25) is 0 Å². The van der Waals surface area contributed by atoms with Crippen molar-refractivity contribution < 1.29 is 13.8 Å². The predicted molar refractivity (Wildman–Crippen MR) is 79.6 cm³/mol. The topological polar surface area (TPSA) is 72.4 Å². The number of carbonyl (C=O) groups is 1. The fourth-order valence-electron chi connectivity index (χ4n) is 3.35. The molecule has 1 saturated heterocycles. The molecule has 1 atom stereocenters. The first-order valence-electron chi connectivity index (χ1n) is 7.73. The fourth-order valence-corrected chi connectivity index (χ4v) is 3.35. The van der Waals surface area contributed by atoms with Crippen molar-refractivity contribution in [1.82, 2.24) is 15.2 Å². The van der Waals surface area contributed by atoms with Gasteiger partial charge in [-0.2, -0.15) is 0 Å². The molecule has 0 bridgehead atoms. The lowest BCUT2D eigenvalue weighted by Gasteiger charge is -2.25. The van der Waals surface area contributed by atoms with Crippen molar-refractivity contribution >= 4 is 5.91 Å². The van der Waals surface area contributed by atoms with Gasteiger partial charge in [0.15, 0.2) is 0 Å². The van der Waals surface area contributed by atoms with Gasteiger partial charge < -0.3 is 13.9 Å². The average molecular weight is 303 g/mol. The first kappa shape index (κ1) is 14.8. The Hall–Kier alpha value is -2.11. The molecule has 0 spiro atoms. The summed E-state index contributed by atoms with van der Waals surface area (Å²) >= 11 is 0. The minimum absolute atomic E-state index is 0.0126. The summed E-state index contributed by atoms with van der Waals surface area (Å²) in [4.78, 5) is 14.8. The van der Waals surface area contributed by atoms with Crippen LogP contribution in [0.5, 0.6) is 0 Å². The van der Waals surface area contributed by atoms with Gasteiger partial charge in [-0.05, 0) is 33.6 Å². The predicted octanol–water partition coefficient (Wildman–Crippen LogP) is 3.13. The minimum Gasteiger partial charge on any atom is -0.361 e. The van der Waals surface area contributed by atoms with Gasteiger partial charge in [-0.15, -0.1) is 0 Å². The molecule has 0 aliphatic carbocycles. The van der Waals surface area contributed by atoms with Crippen LogP contribution in [0.2, 0.25) is 0 Å². The molecule has 0 aromatic carbocycles. The molecule has 1 aliphatic heterocycles. The highest BCUT2D eigenvalue weighted by Crippen LogP contribution is 2.37. The molecule has 1 fully saturated rings. The summed E-state index contributed by atoms with van der Waals surface area (Å²) in [7, 11) is 0. The first-order valence-corrected chi connectivity index (χ1v) is 7.73. The van der Waals surface area contributed by atoms with Crippen molar-refractivity contribution in [2.24, 2.45) is 0 Å². The third-order valence-corrected chi connectivity index (χ3v) is 4.40.